The largest absolute Gasteiger partial charge is 0.503 e. The number of thiophene rings is 1. The number of primary amides is 1. The number of nitrogens with zero attached hydrogens (tertiary/aromatic N) is 1. The van der Waals surface area contributed by atoms with Crippen LogP contribution in [0.25, 0.3) is 10.1 Å². The first-order valence-electron chi connectivity index (χ1n) is 10.1. The third-order valence-corrected chi connectivity index (χ3v) is 6.05. The SMILES string of the molecule is CCCN(CC)Cc1ccc(C=O)cc1.CNc1sc2c(F)c(O)c(F)cc2c1C(N)=O. The van der Waals surface area contributed by atoms with E-state index in [4.69, 9.17) is 10.8 Å². The number of aldehydes is 1. The average Bonchev–Trinajstić information content (AvgIpc) is 3.17. The minimum absolute atomic E-state index is 0.0120. The molecule has 0 radical (unpaired) electrons. The van der Waals surface area contributed by atoms with Gasteiger partial charge >= 0.3 is 0 Å². The van der Waals surface area contributed by atoms with E-state index in [1.807, 2.05) is 24.3 Å². The number of amides is 1. The summed E-state index contributed by atoms with van der Waals surface area (Å²) in [5.74, 6) is -4.06. The first-order chi connectivity index (χ1) is 15.3. The monoisotopic (exact) mass is 463 g/mol. The second-order valence-electron chi connectivity index (χ2n) is 7.05. The Labute approximate surface area is 189 Å². The molecule has 3 aromatic rings. The molecule has 1 aromatic heterocycles. The predicted octanol–water partition coefficient (Wildman–Crippen LogP) is 4.76. The number of rotatable bonds is 8. The highest BCUT2D eigenvalue weighted by Gasteiger charge is 2.22. The summed E-state index contributed by atoms with van der Waals surface area (Å²) in [5, 5.41) is 12.2. The van der Waals surface area contributed by atoms with Gasteiger partial charge in [-0.15, -0.1) is 11.3 Å². The minimum Gasteiger partial charge on any atom is -0.503 e. The molecule has 1 heterocycles. The normalized spacial score (nSPS) is 10.7. The van der Waals surface area contributed by atoms with E-state index in [2.05, 4.69) is 24.1 Å². The van der Waals surface area contributed by atoms with Crippen molar-refractivity contribution in [1.29, 1.82) is 0 Å². The molecule has 0 bridgehead atoms. The van der Waals surface area contributed by atoms with E-state index in [0.717, 1.165) is 48.9 Å². The number of hydrogen-bond acceptors (Lipinski definition) is 6. The third-order valence-electron chi connectivity index (χ3n) is 4.83. The van der Waals surface area contributed by atoms with E-state index in [-0.39, 0.29) is 15.6 Å². The molecular weight excluding hydrogens is 436 g/mol. The van der Waals surface area contributed by atoms with Gasteiger partial charge in [0.1, 0.15) is 11.3 Å². The molecule has 0 unspecified atom stereocenters. The van der Waals surface area contributed by atoms with E-state index < -0.39 is 23.3 Å². The number of phenols is 1. The van der Waals surface area contributed by atoms with Gasteiger partial charge in [-0.2, -0.15) is 0 Å². The fourth-order valence-corrected chi connectivity index (χ4v) is 4.27. The van der Waals surface area contributed by atoms with Gasteiger partial charge in [0, 0.05) is 24.5 Å². The van der Waals surface area contributed by atoms with Crippen LogP contribution in [0.1, 0.15) is 46.5 Å². The van der Waals surface area contributed by atoms with Crippen LogP contribution in [0.3, 0.4) is 0 Å². The third kappa shape index (κ3) is 5.80. The number of aromatic hydroxyl groups is 1. The van der Waals surface area contributed by atoms with E-state index >= 15 is 0 Å². The van der Waals surface area contributed by atoms with Crippen molar-refractivity contribution in [3.05, 3.63) is 58.7 Å². The van der Waals surface area contributed by atoms with Gasteiger partial charge in [0.05, 0.1) is 10.3 Å². The Hall–Kier alpha value is -3.04. The molecule has 4 N–H and O–H groups in total. The molecule has 0 aliphatic rings. The summed E-state index contributed by atoms with van der Waals surface area (Å²) in [7, 11) is 1.53. The van der Waals surface area contributed by atoms with Crippen molar-refractivity contribution in [2.75, 3.05) is 25.5 Å². The topological polar surface area (TPSA) is 95.7 Å². The molecular formula is C23H27F2N3O3S. The van der Waals surface area contributed by atoms with Crippen molar-refractivity contribution in [3.8, 4) is 5.75 Å². The number of carbonyl (C=O) groups excluding carboxylic acids is 2. The van der Waals surface area contributed by atoms with Gasteiger partial charge in [0.25, 0.3) is 5.91 Å². The van der Waals surface area contributed by atoms with Gasteiger partial charge in [0.15, 0.2) is 17.4 Å². The van der Waals surface area contributed by atoms with Gasteiger partial charge in [-0.1, -0.05) is 38.1 Å². The summed E-state index contributed by atoms with van der Waals surface area (Å²) in [6, 6.07) is 8.71. The lowest BCUT2D eigenvalue weighted by atomic mass is 10.1. The number of phenolic OH excluding ortho intramolecular Hbond substituents is 1. The number of nitrogens with two attached hydrogens (primary N) is 1. The second kappa shape index (κ2) is 11.5. The van der Waals surface area contributed by atoms with E-state index in [0.29, 0.717) is 5.00 Å². The maximum Gasteiger partial charge on any atom is 0.252 e. The summed E-state index contributed by atoms with van der Waals surface area (Å²) in [4.78, 5) is 24.1. The van der Waals surface area contributed by atoms with Crippen LogP contribution in [-0.2, 0) is 6.54 Å². The molecule has 32 heavy (non-hydrogen) atoms. The zero-order valence-corrected chi connectivity index (χ0v) is 19.1. The maximum atomic E-state index is 13.6. The lowest BCUT2D eigenvalue weighted by Crippen LogP contribution is -2.23. The van der Waals surface area contributed by atoms with Crippen LogP contribution in [0, 0.1) is 11.6 Å². The van der Waals surface area contributed by atoms with Gasteiger partial charge in [-0.25, -0.2) is 8.78 Å². The molecule has 1 amide bonds. The molecule has 0 saturated heterocycles. The summed E-state index contributed by atoms with van der Waals surface area (Å²) in [6.07, 6.45) is 2.06. The Morgan fingerprint density at radius 2 is 1.91 bits per heavy atom. The van der Waals surface area contributed by atoms with Gasteiger partial charge < -0.3 is 16.2 Å². The van der Waals surface area contributed by atoms with Gasteiger partial charge in [-0.3, -0.25) is 14.5 Å². The molecule has 2 aromatic carbocycles. The van der Waals surface area contributed by atoms with Crippen LogP contribution in [0.5, 0.6) is 5.75 Å². The number of hydrogen-bond donors (Lipinski definition) is 3. The lowest BCUT2D eigenvalue weighted by molar-refractivity contribution is 0.100. The number of benzene rings is 2. The van der Waals surface area contributed by atoms with Crippen molar-refractivity contribution in [3.63, 3.8) is 0 Å². The fourth-order valence-electron chi connectivity index (χ4n) is 3.20. The Morgan fingerprint density at radius 1 is 1.25 bits per heavy atom. The number of fused-ring (bicyclic) bond motifs is 1. The number of anilines is 1. The van der Waals surface area contributed by atoms with Gasteiger partial charge in [-0.05, 0) is 31.1 Å². The fraction of sp³-hybridized carbons (Fsp3) is 0.304. The Balaban J connectivity index is 0.000000229. The highest BCUT2D eigenvalue weighted by molar-refractivity contribution is 7.23. The van der Waals surface area contributed by atoms with E-state index in [1.165, 1.54) is 19.0 Å². The Bertz CT molecular complexity index is 1080. The average molecular weight is 464 g/mol. The van der Waals surface area contributed by atoms with Crippen LogP contribution in [0.15, 0.2) is 30.3 Å². The molecule has 6 nitrogen and oxygen atoms in total. The first kappa shape index (κ1) is 25.2. The van der Waals surface area contributed by atoms with Crippen LogP contribution in [-0.4, -0.2) is 42.3 Å². The number of carbonyl (C=O) groups is 2. The highest BCUT2D eigenvalue weighted by atomic mass is 32.1. The molecule has 3 rings (SSSR count). The molecule has 0 saturated carbocycles. The summed E-state index contributed by atoms with van der Waals surface area (Å²) < 4.78 is 26.8. The van der Waals surface area contributed by atoms with Gasteiger partial charge in [0.2, 0.25) is 0 Å². The number of nitrogens with one attached hydrogen (secondary N) is 1. The zero-order chi connectivity index (χ0) is 23.8. The molecule has 0 aliphatic carbocycles. The van der Waals surface area contributed by atoms with Crippen molar-refractivity contribution in [2.24, 2.45) is 5.73 Å². The summed E-state index contributed by atoms with van der Waals surface area (Å²) in [5.41, 5.74) is 7.20. The molecule has 0 fully saturated rings. The predicted molar refractivity (Wildman–Crippen MR) is 125 cm³/mol. The van der Waals surface area contributed by atoms with Crippen LogP contribution in [0.2, 0.25) is 0 Å². The van der Waals surface area contributed by atoms with E-state index in [9.17, 15) is 18.4 Å². The van der Waals surface area contributed by atoms with Crippen molar-refractivity contribution >= 4 is 38.6 Å². The van der Waals surface area contributed by atoms with Crippen molar-refractivity contribution in [2.45, 2.75) is 26.8 Å². The van der Waals surface area contributed by atoms with Crippen molar-refractivity contribution in [1.82, 2.24) is 4.90 Å². The Morgan fingerprint density at radius 3 is 2.41 bits per heavy atom. The minimum atomic E-state index is -1.13. The van der Waals surface area contributed by atoms with E-state index in [1.54, 1.807) is 0 Å². The quantitative estimate of drug-likeness (QED) is 0.419. The summed E-state index contributed by atoms with van der Waals surface area (Å²) in [6.45, 7) is 7.55. The van der Waals surface area contributed by atoms with Crippen molar-refractivity contribution < 1.29 is 23.5 Å². The maximum absolute atomic E-state index is 13.6. The lowest BCUT2D eigenvalue weighted by Gasteiger charge is -2.19. The first-order valence-corrected chi connectivity index (χ1v) is 11.0. The molecule has 9 heteroatoms. The molecule has 0 atom stereocenters. The molecule has 0 aliphatic heterocycles. The molecule has 0 spiro atoms. The zero-order valence-electron chi connectivity index (χ0n) is 18.2. The molecule has 172 valence electrons. The second-order valence-corrected chi connectivity index (χ2v) is 8.07. The van der Waals surface area contributed by atoms with Crippen LogP contribution in [0.4, 0.5) is 13.8 Å². The Kier molecular flexibility index (Phi) is 9.10. The highest BCUT2D eigenvalue weighted by Crippen LogP contribution is 2.40. The smallest absolute Gasteiger partial charge is 0.252 e. The standard InChI is InChI=1S/C13H19NO.C10H8F2N2O2S/c1-3-9-14(4-2)10-12-5-7-13(11-15)8-6-12;1-14-10-5(9(13)16)3-2-4(11)7(15)6(12)8(3)17-10/h5-8,11H,3-4,9-10H2,1-2H3;2,14-15H,1H3,(H2,13,16). The van der Waals surface area contributed by atoms with Crippen LogP contribution >= 0.6 is 11.3 Å². The summed E-state index contributed by atoms with van der Waals surface area (Å²) >= 11 is 0.888. The number of halogens is 2. The van der Waals surface area contributed by atoms with Crippen LogP contribution < -0.4 is 11.1 Å².